The van der Waals surface area contributed by atoms with Crippen molar-refractivity contribution < 1.29 is 9.47 Å². The molecule has 8 heteroatoms. The normalized spacial score (nSPS) is 13.0. The van der Waals surface area contributed by atoms with Gasteiger partial charge in [-0.3, -0.25) is 4.90 Å². The van der Waals surface area contributed by atoms with E-state index in [-0.39, 0.29) is 6.04 Å². The van der Waals surface area contributed by atoms with Crippen LogP contribution in [0.4, 0.5) is 0 Å². The number of hydrogen-bond donors (Lipinski definition) is 1. The van der Waals surface area contributed by atoms with Gasteiger partial charge in [-0.15, -0.1) is 0 Å². The summed E-state index contributed by atoms with van der Waals surface area (Å²) >= 11 is 0. The Labute approximate surface area is 208 Å². The van der Waals surface area contributed by atoms with Crippen molar-refractivity contribution in [2.45, 2.75) is 45.4 Å². The van der Waals surface area contributed by atoms with E-state index in [2.05, 4.69) is 73.3 Å². The number of aromatic nitrogens is 3. The maximum Gasteiger partial charge on any atom is 0.133 e. The highest BCUT2D eigenvalue weighted by Gasteiger charge is 2.29. The minimum atomic E-state index is -1.21. The molecule has 0 radical (unpaired) electrons. The number of benzene rings is 2. The number of nitrogens with zero attached hydrogens (tertiary/aromatic N) is 4. The van der Waals surface area contributed by atoms with Gasteiger partial charge in [-0.25, -0.2) is 4.98 Å². The molecule has 35 heavy (non-hydrogen) atoms. The molecule has 0 bridgehead atoms. The fraction of sp³-hybridized carbons (Fsp3) is 0.407. The summed E-state index contributed by atoms with van der Waals surface area (Å²) in [5.41, 5.74) is 5.61. The first-order valence-electron chi connectivity index (χ1n) is 11.9. The quantitative estimate of drug-likeness (QED) is 0.242. The van der Waals surface area contributed by atoms with Crippen molar-refractivity contribution >= 4 is 30.0 Å². The maximum absolute atomic E-state index is 9.45. The van der Waals surface area contributed by atoms with Gasteiger partial charge in [0.25, 0.3) is 0 Å². The summed E-state index contributed by atoms with van der Waals surface area (Å²) in [7, 11) is 4.62. The molecule has 0 fully saturated rings. The number of methoxy groups -OCH3 is 1. The average Bonchev–Trinajstić information content (AvgIpc) is 3.42. The summed E-state index contributed by atoms with van der Waals surface area (Å²) in [5.74, 6) is 1.68. The second kappa shape index (κ2) is 9.86. The number of ether oxygens (including phenoxy) is 2. The first-order chi connectivity index (χ1) is 16.6. The third-order valence-electron chi connectivity index (χ3n) is 6.42. The Morgan fingerprint density at radius 1 is 1.20 bits per heavy atom. The zero-order chi connectivity index (χ0) is 25.3. The SMILES string of the molecule is COc1cc(C)c2[nH]ccc2c1C(c1nc2cc(C#N)ccc2n1COCC[Si](C)(C)C)N(C)C. The van der Waals surface area contributed by atoms with E-state index in [9.17, 15) is 5.26 Å². The highest BCUT2D eigenvalue weighted by molar-refractivity contribution is 6.76. The molecule has 0 aliphatic rings. The molecule has 0 spiro atoms. The molecule has 184 valence electrons. The van der Waals surface area contributed by atoms with E-state index in [0.717, 1.165) is 50.7 Å². The summed E-state index contributed by atoms with van der Waals surface area (Å²) in [6.45, 7) is 10.3. The van der Waals surface area contributed by atoms with Gasteiger partial charge in [0.2, 0.25) is 0 Å². The first-order valence-corrected chi connectivity index (χ1v) is 15.6. The number of H-pyrrole nitrogens is 1. The Bertz CT molecular complexity index is 1390. The molecule has 0 saturated carbocycles. The van der Waals surface area contributed by atoms with Crippen LogP contribution in [0.3, 0.4) is 0 Å². The second-order valence-corrected chi connectivity index (χ2v) is 16.1. The predicted molar refractivity (Wildman–Crippen MR) is 144 cm³/mol. The lowest BCUT2D eigenvalue weighted by Crippen LogP contribution is -2.26. The van der Waals surface area contributed by atoms with E-state index >= 15 is 0 Å². The second-order valence-electron chi connectivity index (χ2n) is 10.5. The molecular formula is C27H35N5O2Si. The van der Waals surface area contributed by atoms with E-state index < -0.39 is 8.07 Å². The maximum atomic E-state index is 9.45. The van der Waals surface area contributed by atoms with Crippen molar-refractivity contribution in [1.82, 2.24) is 19.4 Å². The minimum Gasteiger partial charge on any atom is -0.496 e. The topological polar surface area (TPSA) is 79.1 Å². The largest absolute Gasteiger partial charge is 0.496 e. The van der Waals surface area contributed by atoms with Crippen LogP contribution < -0.4 is 4.74 Å². The Kier molecular flexibility index (Phi) is 7.04. The lowest BCUT2D eigenvalue weighted by Gasteiger charge is -2.28. The van der Waals surface area contributed by atoms with Gasteiger partial charge in [0.1, 0.15) is 18.3 Å². The smallest absolute Gasteiger partial charge is 0.133 e. The lowest BCUT2D eigenvalue weighted by molar-refractivity contribution is 0.0854. The highest BCUT2D eigenvalue weighted by Crippen LogP contribution is 2.40. The Morgan fingerprint density at radius 2 is 1.97 bits per heavy atom. The molecular weight excluding hydrogens is 454 g/mol. The molecule has 4 aromatic rings. The number of aromatic amines is 1. The molecule has 0 aliphatic carbocycles. The predicted octanol–water partition coefficient (Wildman–Crippen LogP) is 5.67. The van der Waals surface area contributed by atoms with E-state index in [1.54, 1.807) is 7.11 Å². The van der Waals surface area contributed by atoms with Crippen LogP contribution in [0.2, 0.25) is 25.7 Å². The minimum absolute atomic E-state index is 0.192. The standard InChI is InChI=1S/C27H35N5O2Si/c1-18-14-23(33-4)24(20-10-11-29-25(18)20)26(31(2)3)27-30-21-15-19(16-28)8-9-22(21)32(27)17-34-12-13-35(5,6)7/h8-11,14-15,26,29H,12-13,17H2,1-7H3. The zero-order valence-corrected chi connectivity index (χ0v) is 22.8. The molecule has 0 aliphatic heterocycles. The highest BCUT2D eigenvalue weighted by atomic mass is 28.3. The van der Waals surface area contributed by atoms with Crippen molar-refractivity contribution in [3.05, 3.63) is 59.0 Å². The van der Waals surface area contributed by atoms with Crippen LogP contribution in [0.25, 0.3) is 21.9 Å². The summed E-state index contributed by atoms with van der Waals surface area (Å²) in [6.07, 6.45) is 1.97. The van der Waals surface area contributed by atoms with Crippen LogP contribution in [-0.2, 0) is 11.5 Å². The zero-order valence-electron chi connectivity index (χ0n) is 21.8. The van der Waals surface area contributed by atoms with Crippen molar-refractivity contribution in [2.24, 2.45) is 0 Å². The van der Waals surface area contributed by atoms with Gasteiger partial charge >= 0.3 is 0 Å². The van der Waals surface area contributed by atoms with Crippen LogP contribution >= 0.6 is 0 Å². The van der Waals surface area contributed by atoms with Gasteiger partial charge in [-0.1, -0.05) is 19.6 Å². The number of fused-ring (bicyclic) bond motifs is 2. The number of rotatable bonds is 9. The average molecular weight is 490 g/mol. The fourth-order valence-corrected chi connectivity index (χ4v) is 5.32. The van der Waals surface area contributed by atoms with Crippen LogP contribution in [0.5, 0.6) is 5.75 Å². The van der Waals surface area contributed by atoms with Crippen LogP contribution in [0.15, 0.2) is 36.5 Å². The summed E-state index contributed by atoms with van der Waals surface area (Å²) in [5, 5.41) is 10.6. The molecule has 1 unspecified atom stereocenters. The number of nitrogens with one attached hydrogen (secondary N) is 1. The molecule has 0 saturated heterocycles. The summed E-state index contributed by atoms with van der Waals surface area (Å²) < 4.78 is 14.2. The summed E-state index contributed by atoms with van der Waals surface area (Å²) in [6, 6.07) is 13.0. The fourth-order valence-electron chi connectivity index (χ4n) is 4.57. The van der Waals surface area contributed by atoms with Crippen LogP contribution in [0.1, 0.15) is 28.6 Å². The molecule has 4 rings (SSSR count). The monoisotopic (exact) mass is 489 g/mol. The van der Waals surface area contributed by atoms with E-state index in [1.807, 2.05) is 24.4 Å². The molecule has 1 atom stereocenters. The number of aryl methyl sites for hydroxylation is 1. The lowest BCUT2D eigenvalue weighted by atomic mass is 9.97. The van der Waals surface area contributed by atoms with Crippen molar-refractivity contribution in [1.29, 1.82) is 5.26 Å². The van der Waals surface area contributed by atoms with Crippen molar-refractivity contribution in [3.8, 4) is 11.8 Å². The Balaban J connectivity index is 1.89. The van der Waals surface area contributed by atoms with Crippen molar-refractivity contribution in [3.63, 3.8) is 0 Å². The molecule has 2 aromatic carbocycles. The molecule has 1 N–H and O–H groups in total. The molecule has 7 nitrogen and oxygen atoms in total. The number of nitriles is 1. The first kappa shape index (κ1) is 25.0. The molecule has 2 aromatic heterocycles. The van der Waals surface area contributed by atoms with Gasteiger partial charge in [0.15, 0.2) is 0 Å². The third kappa shape index (κ3) is 4.98. The number of imidazole rings is 1. The van der Waals surface area contributed by atoms with Crippen molar-refractivity contribution in [2.75, 3.05) is 27.8 Å². The van der Waals surface area contributed by atoms with E-state index in [4.69, 9.17) is 14.5 Å². The van der Waals surface area contributed by atoms with Gasteiger partial charge in [0, 0.05) is 37.3 Å². The van der Waals surface area contributed by atoms with Gasteiger partial charge in [-0.05, 0) is 63.0 Å². The van der Waals surface area contributed by atoms with Crippen LogP contribution in [0, 0.1) is 18.3 Å². The van der Waals surface area contributed by atoms with Crippen LogP contribution in [-0.4, -0.2) is 55.3 Å². The Morgan fingerprint density at radius 3 is 2.63 bits per heavy atom. The molecule has 2 heterocycles. The number of hydrogen-bond acceptors (Lipinski definition) is 5. The van der Waals surface area contributed by atoms with Gasteiger partial charge < -0.3 is 19.0 Å². The van der Waals surface area contributed by atoms with E-state index in [1.165, 1.54) is 0 Å². The van der Waals surface area contributed by atoms with E-state index in [0.29, 0.717) is 18.9 Å². The summed E-state index contributed by atoms with van der Waals surface area (Å²) in [4.78, 5) is 10.6. The Hall–Kier alpha value is -3.12. The van der Waals surface area contributed by atoms with Gasteiger partial charge in [0.05, 0.1) is 35.8 Å². The van der Waals surface area contributed by atoms with Gasteiger partial charge in [-0.2, -0.15) is 5.26 Å². The third-order valence-corrected chi connectivity index (χ3v) is 8.13. The molecule has 0 amide bonds.